The van der Waals surface area contributed by atoms with Gasteiger partial charge in [-0.2, -0.15) is 0 Å². The third-order valence-corrected chi connectivity index (χ3v) is 2.96. The molecule has 2 rings (SSSR count). The summed E-state index contributed by atoms with van der Waals surface area (Å²) in [6.07, 6.45) is 2.90. The Hall–Kier alpha value is -1.81. The maximum absolute atomic E-state index is 11.7. The van der Waals surface area contributed by atoms with E-state index in [2.05, 4.69) is 11.4 Å². The van der Waals surface area contributed by atoms with Crippen LogP contribution in [0.15, 0.2) is 30.5 Å². The second-order valence-corrected chi connectivity index (χ2v) is 4.39. The summed E-state index contributed by atoms with van der Waals surface area (Å²) in [5.41, 5.74) is 7.79. The third-order valence-electron chi connectivity index (χ3n) is 2.96. The van der Waals surface area contributed by atoms with Gasteiger partial charge in [0, 0.05) is 24.8 Å². The molecule has 0 radical (unpaired) electrons. The lowest BCUT2D eigenvalue weighted by molar-refractivity contribution is -0.121. The molecule has 0 aliphatic heterocycles. The SMILES string of the molecule is CCCNC(=O)Cn1ccc2cc(CN)ccc21. The molecule has 0 aliphatic rings. The lowest BCUT2D eigenvalue weighted by Crippen LogP contribution is -2.27. The number of hydrogen-bond acceptors (Lipinski definition) is 2. The fraction of sp³-hybridized carbons (Fsp3) is 0.357. The molecule has 0 fully saturated rings. The number of carbonyl (C=O) groups is 1. The minimum absolute atomic E-state index is 0.0530. The number of amides is 1. The van der Waals surface area contributed by atoms with Crippen molar-refractivity contribution in [2.75, 3.05) is 6.54 Å². The zero-order chi connectivity index (χ0) is 13.0. The van der Waals surface area contributed by atoms with E-state index >= 15 is 0 Å². The normalized spacial score (nSPS) is 10.8. The largest absolute Gasteiger partial charge is 0.355 e. The van der Waals surface area contributed by atoms with Crippen molar-refractivity contribution >= 4 is 16.8 Å². The summed E-state index contributed by atoms with van der Waals surface area (Å²) in [6, 6.07) is 8.10. The highest BCUT2D eigenvalue weighted by Crippen LogP contribution is 2.17. The Balaban J connectivity index is 2.16. The Bertz CT molecular complexity index is 545. The van der Waals surface area contributed by atoms with Gasteiger partial charge in [-0.15, -0.1) is 0 Å². The number of nitrogens with one attached hydrogen (secondary N) is 1. The number of aromatic nitrogens is 1. The highest BCUT2D eigenvalue weighted by atomic mass is 16.1. The maximum atomic E-state index is 11.7. The summed E-state index contributed by atoms with van der Waals surface area (Å²) < 4.78 is 1.96. The first kappa shape index (κ1) is 12.6. The fourth-order valence-electron chi connectivity index (χ4n) is 1.99. The molecule has 1 heterocycles. The lowest BCUT2D eigenvalue weighted by Gasteiger charge is -2.06. The Kier molecular flexibility index (Phi) is 3.99. The van der Waals surface area contributed by atoms with Gasteiger partial charge in [-0.1, -0.05) is 13.0 Å². The Labute approximate surface area is 107 Å². The average molecular weight is 245 g/mol. The molecular weight excluding hydrogens is 226 g/mol. The number of benzene rings is 1. The highest BCUT2D eigenvalue weighted by Gasteiger charge is 2.05. The van der Waals surface area contributed by atoms with Crippen molar-refractivity contribution in [3.05, 3.63) is 36.0 Å². The van der Waals surface area contributed by atoms with E-state index in [9.17, 15) is 4.79 Å². The summed E-state index contributed by atoms with van der Waals surface area (Å²) in [7, 11) is 0. The van der Waals surface area contributed by atoms with Crippen molar-refractivity contribution in [2.24, 2.45) is 5.73 Å². The standard InChI is InChI=1S/C14H19N3O/c1-2-6-16-14(18)10-17-7-5-12-8-11(9-15)3-4-13(12)17/h3-5,7-8H,2,6,9-10,15H2,1H3,(H,16,18). The minimum Gasteiger partial charge on any atom is -0.355 e. The average Bonchev–Trinajstić information content (AvgIpc) is 2.78. The number of nitrogens with zero attached hydrogens (tertiary/aromatic N) is 1. The van der Waals surface area contributed by atoms with E-state index in [-0.39, 0.29) is 5.91 Å². The third kappa shape index (κ3) is 2.71. The van der Waals surface area contributed by atoms with Crippen molar-refractivity contribution < 1.29 is 4.79 Å². The molecule has 0 saturated carbocycles. The van der Waals surface area contributed by atoms with Crippen molar-refractivity contribution in [2.45, 2.75) is 26.4 Å². The molecular formula is C14H19N3O. The van der Waals surface area contributed by atoms with Crippen LogP contribution < -0.4 is 11.1 Å². The van der Waals surface area contributed by atoms with E-state index in [0.29, 0.717) is 13.1 Å². The summed E-state index contributed by atoms with van der Waals surface area (Å²) in [4.78, 5) is 11.7. The lowest BCUT2D eigenvalue weighted by atomic mass is 10.1. The molecule has 4 nitrogen and oxygen atoms in total. The Morgan fingerprint density at radius 1 is 1.39 bits per heavy atom. The van der Waals surface area contributed by atoms with E-state index in [1.807, 2.05) is 35.9 Å². The minimum atomic E-state index is 0.0530. The van der Waals surface area contributed by atoms with Crippen LogP contribution in [0, 0.1) is 0 Å². The molecule has 18 heavy (non-hydrogen) atoms. The van der Waals surface area contributed by atoms with Crippen molar-refractivity contribution in [1.82, 2.24) is 9.88 Å². The molecule has 0 atom stereocenters. The summed E-state index contributed by atoms with van der Waals surface area (Å²) >= 11 is 0. The van der Waals surface area contributed by atoms with Gasteiger partial charge in [0.2, 0.25) is 5.91 Å². The van der Waals surface area contributed by atoms with Gasteiger partial charge in [-0.25, -0.2) is 0 Å². The first-order valence-electron chi connectivity index (χ1n) is 6.29. The van der Waals surface area contributed by atoms with Crippen LogP contribution in [0.3, 0.4) is 0 Å². The topological polar surface area (TPSA) is 60.0 Å². The monoisotopic (exact) mass is 245 g/mol. The maximum Gasteiger partial charge on any atom is 0.239 e. The van der Waals surface area contributed by atoms with E-state index in [1.54, 1.807) is 0 Å². The zero-order valence-corrected chi connectivity index (χ0v) is 10.6. The highest BCUT2D eigenvalue weighted by molar-refractivity contribution is 5.83. The predicted octanol–water partition coefficient (Wildman–Crippen LogP) is 1.63. The quantitative estimate of drug-likeness (QED) is 0.841. The van der Waals surface area contributed by atoms with Crippen LogP contribution in [0.1, 0.15) is 18.9 Å². The Morgan fingerprint density at radius 3 is 2.94 bits per heavy atom. The van der Waals surface area contributed by atoms with Crippen LogP contribution in [0.4, 0.5) is 0 Å². The van der Waals surface area contributed by atoms with Crippen molar-refractivity contribution in [3.63, 3.8) is 0 Å². The summed E-state index contributed by atoms with van der Waals surface area (Å²) in [5, 5.41) is 4.00. The van der Waals surface area contributed by atoms with Crippen LogP contribution >= 0.6 is 0 Å². The molecule has 0 aliphatic carbocycles. The van der Waals surface area contributed by atoms with E-state index in [0.717, 1.165) is 29.4 Å². The van der Waals surface area contributed by atoms with E-state index < -0.39 is 0 Å². The number of hydrogen-bond donors (Lipinski definition) is 2. The molecule has 0 spiro atoms. The molecule has 0 bridgehead atoms. The predicted molar refractivity (Wildman–Crippen MR) is 73.1 cm³/mol. The molecule has 0 unspecified atom stereocenters. The summed E-state index contributed by atoms with van der Waals surface area (Å²) in [6.45, 7) is 3.68. The zero-order valence-electron chi connectivity index (χ0n) is 10.6. The molecule has 2 aromatic rings. The second-order valence-electron chi connectivity index (χ2n) is 4.39. The molecule has 1 amide bonds. The van der Waals surface area contributed by atoms with Crippen LogP contribution in [0.2, 0.25) is 0 Å². The number of fused-ring (bicyclic) bond motifs is 1. The second kappa shape index (κ2) is 5.69. The van der Waals surface area contributed by atoms with Crippen molar-refractivity contribution in [1.29, 1.82) is 0 Å². The smallest absolute Gasteiger partial charge is 0.239 e. The molecule has 1 aromatic carbocycles. The van der Waals surface area contributed by atoms with Gasteiger partial charge in [0.25, 0.3) is 0 Å². The van der Waals surface area contributed by atoms with Crippen LogP contribution in [0.25, 0.3) is 10.9 Å². The van der Waals surface area contributed by atoms with E-state index in [1.165, 1.54) is 0 Å². The fourth-order valence-corrected chi connectivity index (χ4v) is 1.99. The molecule has 1 aromatic heterocycles. The number of rotatable bonds is 5. The number of nitrogens with two attached hydrogens (primary N) is 1. The first-order valence-corrected chi connectivity index (χ1v) is 6.29. The van der Waals surface area contributed by atoms with Crippen molar-refractivity contribution in [3.8, 4) is 0 Å². The van der Waals surface area contributed by atoms with Crippen LogP contribution in [-0.2, 0) is 17.9 Å². The Morgan fingerprint density at radius 2 is 2.22 bits per heavy atom. The van der Waals surface area contributed by atoms with Gasteiger partial charge < -0.3 is 15.6 Å². The first-order chi connectivity index (χ1) is 8.74. The van der Waals surface area contributed by atoms with Crippen LogP contribution in [0.5, 0.6) is 0 Å². The molecule has 4 heteroatoms. The molecule has 0 saturated heterocycles. The van der Waals surface area contributed by atoms with Gasteiger partial charge in [-0.05, 0) is 35.6 Å². The van der Waals surface area contributed by atoms with Gasteiger partial charge in [0.1, 0.15) is 6.54 Å². The van der Waals surface area contributed by atoms with Gasteiger partial charge >= 0.3 is 0 Å². The van der Waals surface area contributed by atoms with Gasteiger partial charge in [0.15, 0.2) is 0 Å². The number of carbonyl (C=O) groups excluding carboxylic acids is 1. The molecule has 3 N–H and O–H groups in total. The van der Waals surface area contributed by atoms with Crippen LogP contribution in [-0.4, -0.2) is 17.0 Å². The van der Waals surface area contributed by atoms with E-state index in [4.69, 9.17) is 5.73 Å². The molecule has 96 valence electrons. The van der Waals surface area contributed by atoms with Gasteiger partial charge in [-0.3, -0.25) is 4.79 Å². The summed E-state index contributed by atoms with van der Waals surface area (Å²) in [5.74, 6) is 0.0530. The van der Waals surface area contributed by atoms with Gasteiger partial charge in [0.05, 0.1) is 0 Å².